The molecule has 0 saturated heterocycles. The minimum absolute atomic E-state index is 0.185. The van der Waals surface area contributed by atoms with E-state index in [0.717, 1.165) is 35.2 Å². The van der Waals surface area contributed by atoms with Gasteiger partial charge in [-0.05, 0) is 91.6 Å². The van der Waals surface area contributed by atoms with Gasteiger partial charge in [-0.25, -0.2) is 9.07 Å². The molecule has 3 aromatic heterocycles. The Morgan fingerprint density at radius 1 is 1.19 bits per heavy atom. The summed E-state index contributed by atoms with van der Waals surface area (Å²) in [6.07, 6.45) is 3.06. The smallest absolute Gasteiger partial charge is 0.291 e. The van der Waals surface area contributed by atoms with Gasteiger partial charge >= 0.3 is 6.18 Å². The molecule has 2 unspecified atom stereocenters. The Hall–Kier alpha value is -4.06. The van der Waals surface area contributed by atoms with Gasteiger partial charge < -0.3 is 0 Å². The van der Waals surface area contributed by atoms with E-state index in [2.05, 4.69) is 21.1 Å². The lowest BCUT2D eigenvalue weighted by atomic mass is 9.59. The quantitative estimate of drug-likeness (QED) is 0.166. The van der Waals surface area contributed by atoms with Crippen LogP contribution in [0.25, 0.3) is 11.8 Å². The van der Waals surface area contributed by atoms with Crippen molar-refractivity contribution >= 4 is 27.3 Å². The summed E-state index contributed by atoms with van der Waals surface area (Å²) in [5, 5.41) is 9.14. The van der Waals surface area contributed by atoms with Crippen LogP contribution in [0, 0.1) is 17.2 Å². The first kappa shape index (κ1) is 28.1. The molecule has 3 atom stereocenters. The summed E-state index contributed by atoms with van der Waals surface area (Å²) in [6, 6.07) is 9.15. The van der Waals surface area contributed by atoms with E-state index in [4.69, 9.17) is 0 Å². The largest absolute Gasteiger partial charge is 0.416 e. The van der Waals surface area contributed by atoms with E-state index in [1.807, 2.05) is 6.08 Å². The van der Waals surface area contributed by atoms with Crippen LogP contribution in [-0.4, -0.2) is 46.2 Å². The number of benzene rings is 1. The lowest BCUT2D eigenvalue weighted by Crippen LogP contribution is -2.43. The molecule has 2 aliphatic rings. The number of carbonyl (C=O) groups is 1. The molecule has 12 heteroatoms. The molecule has 4 aromatic rings. The number of aryl methyl sites for hydroxylation is 1. The van der Waals surface area contributed by atoms with Crippen LogP contribution in [0.3, 0.4) is 0 Å². The first-order valence-electron chi connectivity index (χ1n) is 13.3. The Labute approximate surface area is 239 Å². The zero-order valence-corrected chi connectivity index (χ0v) is 23.5. The van der Waals surface area contributed by atoms with E-state index in [-0.39, 0.29) is 36.0 Å². The van der Waals surface area contributed by atoms with Gasteiger partial charge in [-0.3, -0.25) is 18.7 Å². The van der Waals surface area contributed by atoms with Gasteiger partial charge in [0.1, 0.15) is 16.5 Å². The lowest BCUT2D eigenvalue weighted by molar-refractivity contribution is -0.137. The molecular weight excluding hydrogens is 570 g/mol. The number of pyridine rings is 1. The van der Waals surface area contributed by atoms with E-state index in [1.54, 1.807) is 47.0 Å². The summed E-state index contributed by atoms with van der Waals surface area (Å²) in [7, 11) is -1.07. The monoisotopic (exact) mass is 597 g/mol. The molecule has 1 fully saturated rings. The van der Waals surface area contributed by atoms with E-state index < -0.39 is 32.5 Å². The molecule has 7 nitrogen and oxygen atoms in total. The van der Waals surface area contributed by atoms with Crippen molar-refractivity contribution in [2.45, 2.75) is 36.9 Å². The average molecular weight is 598 g/mol. The van der Waals surface area contributed by atoms with E-state index in [9.17, 15) is 26.6 Å². The Morgan fingerprint density at radius 2 is 1.95 bits per heavy atom. The molecule has 1 aromatic carbocycles. The highest BCUT2D eigenvalue weighted by atomic mass is 32.2. The number of fused-ring (bicyclic) bond motifs is 2. The summed E-state index contributed by atoms with van der Waals surface area (Å²) in [5.74, 6) is 3.04. The standard InChI is InChI=1S/C30H27F4N5O2S/c1-38-12-10-27(37-38)42(2,41)18-19-3-4-21-14-26-20(17-36-39(26)24-7-5-23(31)6-8-24)16-29(21,15-19)28(40)25-13-22(9-11-35-25)30(32,33)34/h5-14,17,19H,2-4,15-16,18H2,1H3/t19?,29-,42?/m1/s1. The molecule has 6 rings (SSSR count). The Morgan fingerprint density at radius 3 is 2.64 bits per heavy atom. The lowest BCUT2D eigenvalue weighted by Gasteiger charge is -2.44. The van der Waals surface area contributed by atoms with Gasteiger partial charge in [-0.15, -0.1) is 0 Å². The number of carbonyl (C=O) groups excluding carboxylic acids is 1. The van der Waals surface area contributed by atoms with Crippen LogP contribution >= 0.6 is 0 Å². The van der Waals surface area contributed by atoms with Gasteiger partial charge in [0, 0.05) is 34.7 Å². The number of allylic oxidation sites excluding steroid dienone is 1. The minimum Gasteiger partial charge on any atom is -0.291 e. The summed E-state index contributed by atoms with van der Waals surface area (Å²) < 4.78 is 71.1. The fourth-order valence-corrected chi connectivity index (χ4v) is 7.98. The Balaban J connectivity index is 1.42. The van der Waals surface area contributed by atoms with Crippen molar-refractivity contribution in [3.63, 3.8) is 0 Å². The number of Topliss-reactive ketones (excluding diaryl/α,β-unsaturated/α-hetero) is 1. The van der Waals surface area contributed by atoms with Gasteiger partial charge in [-0.1, -0.05) is 5.57 Å². The third-order valence-corrected chi connectivity index (χ3v) is 10.2. The van der Waals surface area contributed by atoms with Crippen LogP contribution < -0.4 is 0 Å². The molecule has 0 aliphatic heterocycles. The number of aromatic nitrogens is 5. The average Bonchev–Trinajstić information content (AvgIpc) is 3.57. The van der Waals surface area contributed by atoms with Gasteiger partial charge in [0.2, 0.25) is 0 Å². The van der Waals surface area contributed by atoms with Crippen LogP contribution in [-0.2, 0) is 29.2 Å². The van der Waals surface area contributed by atoms with Crippen LogP contribution in [0.1, 0.15) is 46.6 Å². The number of alkyl halides is 3. The maximum Gasteiger partial charge on any atom is 0.416 e. The fraction of sp³-hybridized carbons (Fsp3) is 0.300. The Kier molecular flexibility index (Phi) is 6.71. The Bertz CT molecular complexity index is 1820. The van der Waals surface area contributed by atoms with Crippen LogP contribution in [0.5, 0.6) is 0 Å². The van der Waals surface area contributed by atoms with Crippen molar-refractivity contribution in [1.29, 1.82) is 0 Å². The highest BCUT2D eigenvalue weighted by molar-refractivity contribution is 8.00. The molecule has 1 saturated carbocycles. The van der Waals surface area contributed by atoms with Crippen molar-refractivity contribution in [1.82, 2.24) is 24.5 Å². The first-order valence-corrected chi connectivity index (χ1v) is 15.2. The predicted molar refractivity (Wildman–Crippen MR) is 150 cm³/mol. The number of hydrogen-bond acceptors (Lipinski definition) is 5. The molecule has 2 aliphatic carbocycles. The molecule has 0 amide bonds. The summed E-state index contributed by atoms with van der Waals surface area (Å²) in [4.78, 5) is 18.4. The zero-order chi connectivity index (χ0) is 29.9. The number of rotatable bonds is 6. The van der Waals surface area contributed by atoms with Crippen LogP contribution in [0.2, 0.25) is 0 Å². The number of nitrogens with zero attached hydrogens (tertiary/aromatic N) is 5. The molecule has 0 spiro atoms. The van der Waals surface area contributed by atoms with E-state index in [1.165, 1.54) is 12.1 Å². The van der Waals surface area contributed by atoms with E-state index in [0.29, 0.717) is 23.6 Å². The molecule has 42 heavy (non-hydrogen) atoms. The molecule has 0 N–H and O–H groups in total. The summed E-state index contributed by atoms with van der Waals surface area (Å²) in [6.45, 7) is 0. The number of ketones is 1. The minimum atomic E-state index is -4.64. The molecule has 3 heterocycles. The molecule has 0 radical (unpaired) electrons. The summed E-state index contributed by atoms with van der Waals surface area (Å²) >= 11 is 0. The third-order valence-electron chi connectivity index (χ3n) is 8.16. The summed E-state index contributed by atoms with van der Waals surface area (Å²) in [5.41, 5.74) is 0.414. The highest BCUT2D eigenvalue weighted by Crippen LogP contribution is 2.52. The second-order valence-corrected chi connectivity index (χ2v) is 13.4. The van der Waals surface area contributed by atoms with E-state index >= 15 is 0 Å². The van der Waals surface area contributed by atoms with Crippen molar-refractivity contribution in [2.24, 2.45) is 18.4 Å². The van der Waals surface area contributed by atoms with Crippen LogP contribution in [0.15, 0.2) is 71.7 Å². The maximum absolute atomic E-state index is 14.3. The van der Waals surface area contributed by atoms with Gasteiger partial charge in [0.05, 0.1) is 28.6 Å². The molecular formula is C30H27F4N5O2S. The molecule has 0 bridgehead atoms. The van der Waals surface area contributed by atoms with Crippen molar-refractivity contribution < 1.29 is 26.6 Å². The normalized spacial score (nSPS) is 21.6. The second kappa shape index (κ2) is 10.0. The maximum atomic E-state index is 14.3. The topological polar surface area (TPSA) is 82.7 Å². The van der Waals surface area contributed by atoms with Gasteiger partial charge in [0.15, 0.2) is 5.78 Å². The van der Waals surface area contributed by atoms with Crippen molar-refractivity contribution in [3.05, 3.63) is 95.0 Å². The second-order valence-electron chi connectivity index (χ2n) is 11.0. The fourth-order valence-electron chi connectivity index (χ4n) is 6.18. The third kappa shape index (κ3) is 4.97. The van der Waals surface area contributed by atoms with Gasteiger partial charge in [0.25, 0.3) is 0 Å². The first-order chi connectivity index (χ1) is 19.9. The highest BCUT2D eigenvalue weighted by Gasteiger charge is 2.50. The SMILES string of the molecule is C=S(=O)(CC1CCC2=Cc3c(cnn3-c3ccc(F)cc3)C[C@]2(C(=O)c2cc(C(F)(F)F)ccn2)C1)c1ccn(C)n1. The van der Waals surface area contributed by atoms with Crippen molar-refractivity contribution in [2.75, 3.05) is 5.75 Å². The molecule has 218 valence electrons. The predicted octanol–water partition coefficient (Wildman–Crippen LogP) is 5.54. The van der Waals surface area contributed by atoms with Crippen molar-refractivity contribution in [3.8, 4) is 5.69 Å². The van der Waals surface area contributed by atoms with Gasteiger partial charge in [-0.2, -0.15) is 23.4 Å². The van der Waals surface area contributed by atoms with Crippen LogP contribution in [0.4, 0.5) is 17.6 Å². The zero-order valence-electron chi connectivity index (χ0n) is 22.6. The number of hydrogen-bond donors (Lipinski definition) is 0. The number of halogens is 4.